The van der Waals surface area contributed by atoms with Gasteiger partial charge in [-0.3, -0.25) is 19.7 Å². The number of likely N-dealkylation sites (tertiary alicyclic amines) is 1. The fraction of sp³-hybridized carbons (Fsp3) is 0.263. The molecule has 2 aromatic rings. The summed E-state index contributed by atoms with van der Waals surface area (Å²) in [6, 6.07) is 7.76. The number of aliphatic hydroxyl groups is 1. The molecule has 8 nitrogen and oxygen atoms in total. The van der Waals surface area contributed by atoms with Crippen LogP contribution in [-0.4, -0.2) is 33.2 Å². The van der Waals surface area contributed by atoms with Crippen LogP contribution >= 0.6 is 0 Å². The maximum absolute atomic E-state index is 12.6. The molecule has 1 fully saturated rings. The van der Waals surface area contributed by atoms with E-state index in [1.54, 1.807) is 19.1 Å². The van der Waals surface area contributed by atoms with Crippen molar-refractivity contribution in [1.29, 1.82) is 0 Å². The van der Waals surface area contributed by atoms with Gasteiger partial charge in [-0.2, -0.15) is 0 Å². The Morgan fingerprint density at radius 1 is 1.30 bits per heavy atom. The standard InChI is InChI=1S/C19H18N2O6/c1-3-9-20-16(14-8-7-11(2)27-14)15(18(23)19(20)24)17(22)12-5-4-6-13(10-12)21(25)26/h4-8,10,16,22H,3,9H2,1-2H3/b17-15-. The van der Waals surface area contributed by atoms with Crippen LogP contribution in [0.3, 0.4) is 0 Å². The summed E-state index contributed by atoms with van der Waals surface area (Å²) in [6.45, 7) is 3.90. The highest BCUT2D eigenvalue weighted by molar-refractivity contribution is 6.46. The van der Waals surface area contributed by atoms with Gasteiger partial charge < -0.3 is 14.4 Å². The summed E-state index contributed by atoms with van der Waals surface area (Å²) in [6.07, 6.45) is 0.611. The molecule has 140 valence electrons. The predicted molar refractivity (Wildman–Crippen MR) is 95.8 cm³/mol. The van der Waals surface area contributed by atoms with E-state index in [0.717, 1.165) is 6.07 Å². The molecule has 1 aromatic heterocycles. The van der Waals surface area contributed by atoms with E-state index in [9.17, 15) is 24.8 Å². The predicted octanol–water partition coefficient (Wildman–Crippen LogP) is 3.33. The highest BCUT2D eigenvalue weighted by Crippen LogP contribution is 2.40. The van der Waals surface area contributed by atoms with Crippen molar-refractivity contribution < 1.29 is 24.0 Å². The third-order valence-corrected chi connectivity index (χ3v) is 4.37. The number of carbonyl (C=O) groups excluding carboxylic acids is 2. The minimum atomic E-state index is -0.877. The largest absolute Gasteiger partial charge is 0.507 e. The van der Waals surface area contributed by atoms with Crippen molar-refractivity contribution in [2.75, 3.05) is 6.54 Å². The molecule has 0 radical (unpaired) electrons. The van der Waals surface area contributed by atoms with Crippen molar-refractivity contribution in [3.63, 3.8) is 0 Å². The molecule has 1 amide bonds. The molecule has 1 N–H and O–H groups in total. The molecule has 1 aliphatic heterocycles. The summed E-state index contributed by atoms with van der Waals surface area (Å²) in [7, 11) is 0. The summed E-state index contributed by atoms with van der Waals surface area (Å²) in [5.74, 6) is -1.08. The number of rotatable bonds is 5. The average molecular weight is 370 g/mol. The van der Waals surface area contributed by atoms with Crippen LogP contribution in [0.25, 0.3) is 5.76 Å². The Morgan fingerprint density at radius 3 is 2.63 bits per heavy atom. The number of nitrogens with zero attached hydrogens (tertiary/aromatic N) is 2. The topological polar surface area (TPSA) is 114 Å². The highest BCUT2D eigenvalue weighted by atomic mass is 16.6. The van der Waals surface area contributed by atoms with Crippen LogP contribution in [0.15, 0.2) is 46.4 Å². The second-order valence-electron chi connectivity index (χ2n) is 6.25. The van der Waals surface area contributed by atoms with Gasteiger partial charge in [0.05, 0.1) is 10.5 Å². The van der Waals surface area contributed by atoms with Crippen molar-refractivity contribution in [1.82, 2.24) is 4.90 Å². The van der Waals surface area contributed by atoms with E-state index in [4.69, 9.17) is 4.42 Å². The minimum Gasteiger partial charge on any atom is -0.507 e. The van der Waals surface area contributed by atoms with Gasteiger partial charge in [0.1, 0.15) is 23.3 Å². The van der Waals surface area contributed by atoms with Gasteiger partial charge in [0.25, 0.3) is 17.4 Å². The third kappa shape index (κ3) is 3.21. The van der Waals surface area contributed by atoms with Crippen LogP contribution in [0, 0.1) is 17.0 Å². The lowest BCUT2D eigenvalue weighted by Gasteiger charge is -2.22. The molecule has 0 bridgehead atoms. The normalized spacial score (nSPS) is 18.9. The zero-order valence-corrected chi connectivity index (χ0v) is 14.8. The molecule has 8 heteroatoms. The van der Waals surface area contributed by atoms with Crippen LogP contribution in [-0.2, 0) is 9.59 Å². The molecule has 1 atom stereocenters. The van der Waals surface area contributed by atoms with E-state index in [1.165, 1.54) is 23.1 Å². The van der Waals surface area contributed by atoms with Gasteiger partial charge in [-0.1, -0.05) is 19.1 Å². The number of nitro benzene ring substituents is 1. The number of furan rings is 1. The maximum Gasteiger partial charge on any atom is 0.295 e. The molecule has 3 rings (SSSR count). The van der Waals surface area contributed by atoms with Crippen molar-refractivity contribution in [3.8, 4) is 0 Å². The molecule has 1 aliphatic rings. The molecule has 2 heterocycles. The van der Waals surface area contributed by atoms with Gasteiger partial charge in [-0.25, -0.2) is 0 Å². The van der Waals surface area contributed by atoms with Crippen LogP contribution in [0.1, 0.15) is 36.5 Å². The van der Waals surface area contributed by atoms with E-state index in [2.05, 4.69) is 0 Å². The molecule has 1 aromatic carbocycles. The Morgan fingerprint density at radius 2 is 2.04 bits per heavy atom. The fourth-order valence-electron chi connectivity index (χ4n) is 3.17. The quantitative estimate of drug-likeness (QED) is 0.284. The Hall–Kier alpha value is -3.42. The van der Waals surface area contributed by atoms with E-state index in [0.29, 0.717) is 24.5 Å². The number of aryl methyl sites for hydroxylation is 1. The van der Waals surface area contributed by atoms with Crippen LogP contribution in [0.5, 0.6) is 0 Å². The summed E-state index contributed by atoms with van der Waals surface area (Å²) < 4.78 is 5.62. The molecule has 1 unspecified atom stereocenters. The first-order valence-electron chi connectivity index (χ1n) is 8.44. The van der Waals surface area contributed by atoms with Crippen LogP contribution in [0.4, 0.5) is 5.69 Å². The van der Waals surface area contributed by atoms with Crippen molar-refractivity contribution in [3.05, 3.63) is 69.2 Å². The molecule has 0 spiro atoms. The van der Waals surface area contributed by atoms with Gasteiger partial charge in [-0.15, -0.1) is 0 Å². The van der Waals surface area contributed by atoms with Gasteiger partial charge in [0, 0.05) is 24.2 Å². The molecular weight excluding hydrogens is 352 g/mol. The van der Waals surface area contributed by atoms with Gasteiger partial charge in [-0.05, 0) is 25.5 Å². The Bertz CT molecular complexity index is 959. The number of ketones is 1. The number of Topliss-reactive ketones (excluding diaryl/α,β-unsaturated/α-hetero) is 1. The monoisotopic (exact) mass is 370 g/mol. The van der Waals surface area contributed by atoms with Crippen molar-refractivity contribution >= 4 is 23.1 Å². The molecular formula is C19H18N2O6. The smallest absolute Gasteiger partial charge is 0.295 e. The lowest BCUT2D eigenvalue weighted by atomic mass is 9.99. The molecule has 1 saturated heterocycles. The van der Waals surface area contributed by atoms with E-state index >= 15 is 0 Å². The van der Waals surface area contributed by atoms with Gasteiger partial charge in [0.2, 0.25) is 0 Å². The number of benzene rings is 1. The zero-order chi connectivity index (χ0) is 19.7. The Balaban J connectivity index is 2.18. The number of aliphatic hydroxyl groups excluding tert-OH is 1. The van der Waals surface area contributed by atoms with Gasteiger partial charge in [0.15, 0.2) is 0 Å². The number of nitro groups is 1. The number of hydrogen-bond donors (Lipinski definition) is 1. The molecule has 0 aliphatic carbocycles. The Kier molecular flexibility index (Phi) is 4.81. The van der Waals surface area contributed by atoms with E-state index in [-0.39, 0.29) is 16.8 Å². The first kappa shape index (κ1) is 18.4. The average Bonchev–Trinajstić information content (AvgIpc) is 3.18. The van der Waals surface area contributed by atoms with Crippen molar-refractivity contribution in [2.45, 2.75) is 26.3 Å². The van der Waals surface area contributed by atoms with Crippen LogP contribution < -0.4 is 0 Å². The zero-order valence-electron chi connectivity index (χ0n) is 14.8. The minimum absolute atomic E-state index is 0.0898. The Labute approximate surface area is 154 Å². The number of hydrogen-bond acceptors (Lipinski definition) is 6. The number of amides is 1. The van der Waals surface area contributed by atoms with Gasteiger partial charge >= 0.3 is 0 Å². The van der Waals surface area contributed by atoms with E-state index in [1.807, 2.05) is 6.92 Å². The lowest BCUT2D eigenvalue weighted by Crippen LogP contribution is -2.30. The van der Waals surface area contributed by atoms with Crippen molar-refractivity contribution in [2.24, 2.45) is 0 Å². The number of carbonyl (C=O) groups is 2. The third-order valence-electron chi connectivity index (χ3n) is 4.37. The summed E-state index contributed by atoms with van der Waals surface area (Å²) >= 11 is 0. The summed E-state index contributed by atoms with van der Waals surface area (Å²) in [4.78, 5) is 36.9. The first-order chi connectivity index (χ1) is 12.8. The highest BCUT2D eigenvalue weighted by Gasteiger charge is 2.47. The molecule has 0 saturated carbocycles. The summed E-state index contributed by atoms with van der Waals surface area (Å²) in [5, 5.41) is 21.8. The second-order valence-corrected chi connectivity index (χ2v) is 6.25. The summed E-state index contributed by atoms with van der Waals surface area (Å²) in [5.41, 5.74) is -0.275. The fourth-order valence-corrected chi connectivity index (χ4v) is 3.17. The maximum atomic E-state index is 12.6. The van der Waals surface area contributed by atoms with E-state index < -0.39 is 28.4 Å². The number of non-ortho nitro benzene ring substituents is 1. The first-order valence-corrected chi connectivity index (χ1v) is 8.44. The molecule has 27 heavy (non-hydrogen) atoms. The van der Waals surface area contributed by atoms with Crippen LogP contribution in [0.2, 0.25) is 0 Å². The lowest BCUT2D eigenvalue weighted by molar-refractivity contribution is -0.384. The second kappa shape index (κ2) is 7.06. The SMILES string of the molecule is CCCN1C(=O)C(=O)/C(=C(\O)c2cccc([N+](=O)[O-])c2)C1c1ccc(C)o1.